The van der Waals surface area contributed by atoms with Gasteiger partial charge in [0.05, 0.1) is 6.04 Å². The highest BCUT2D eigenvalue weighted by atomic mass is 16.4. The van der Waals surface area contributed by atoms with Crippen LogP contribution in [0.4, 0.5) is 0 Å². The Balaban J connectivity index is 1.79. The van der Waals surface area contributed by atoms with E-state index in [1.54, 1.807) is 32.2 Å². The topological polar surface area (TPSA) is 158 Å². The Morgan fingerprint density at radius 3 is 2.24 bits per heavy atom. The second kappa shape index (κ2) is 10.8. The van der Waals surface area contributed by atoms with Gasteiger partial charge in [0.15, 0.2) is 0 Å². The first-order chi connectivity index (χ1) is 16.2. The van der Waals surface area contributed by atoms with Crippen LogP contribution in [0.25, 0.3) is 10.9 Å². The van der Waals surface area contributed by atoms with Crippen molar-refractivity contribution >= 4 is 28.7 Å². The van der Waals surface area contributed by atoms with Crippen LogP contribution >= 0.6 is 0 Å². The molecule has 3 atom stereocenters. The number of aliphatic carboxylic acids is 1. The summed E-state index contributed by atoms with van der Waals surface area (Å²) >= 11 is 0. The van der Waals surface area contributed by atoms with Gasteiger partial charge >= 0.3 is 5.97 Å². The number of carboxylic acid groups (broad SMARTS) is 1. The first-order valence-electron chi connectivity index (χ1n) is 11.1. The van der Waals surface area contributed by atoms with E-state index in [0.29, 0.717) is 5.56 Å². The number of phenols is 1. The van der Waals surface area contributed by atoms with E-state index < -0.39 is 35.9 Å². The van der Waals surface area contributed by atoms with Crippen molar-refractivity contribution in [3.63, 3.8) is 0 Å². The number of nitrogens with two attached hydrogens (primary N) is 1. The van der Waals surface area contributed by atoms with Gasteiger partial charge in [-0.2, -0.15) is 0 Å². The van der Waals surface area contributed by atoms with Crippen LogP contribution in [-0.2, 0) is 27.2 Å². The number of H-pyrrole nitrogens is 1. The van der Waals surface area contributed by atoms with Crippen LogP contribution in [0.1, 0.15) is 25.0 Å². The summed E-state index contributed by atoms with van der Waals surface area (Å²) in [5, 5.41) is 25.4. The van der Waals surface area contributed by atoms with Crippen LogP contribution in [0.3, 0.4) is 0 Å². The minimum absolute atomic E-state index is 0.0659. The average Bonchev–Trinajstić information content (AvgIpc) is 3.21. The van der Waals surface area contributed by atoms with E-state index in [9.17, 15) is 24.6 Å². The highest BCUT2D eigenvalue weighted by Crippen LogP contribution is 2.19. The molecule has 0 spiro atoms. The molecule has 0 saturated heterocycles. The molecule has 0 saturated carbocycles. The second-order valence-corrected chi connectivity index (χ2v) is 8.66. The van der Waals surface area contributed by atoms with Crippen molar-refractivity contribution in [2.75, 3.05) is 0 Å². The third kappa shape index (κ3) is 6.14. The number of rotatable bonds is 10. The van der Waals surface area contributed by atoms with Crippen LogP contribution in [0.15, 0.2) is 54.7 Å². The van der Waals surface area contributed by atoms with Crippen LogP contribution in [0.5, 0.6) is 5.75 Å². The summed E-state index contributed by atoms with van der Waals surface area (Å²) in [6.07, 6.45) is 1.89. The molecule has 180 valence electrons. The smallest absolute Gasteiger partial charge is 0.326 e. The first kappa shape index (κ1) is 24.8. The number of nitrogens with one attached hydrogen (secondary N) is 3. The molecule has 0 fully saturated rings. The zero-order chi connectivity index (χ0) is 24.8. The molecule has 1 heterocycles. The Bertz CT molecular complexity index is 1160. The van der Waals surface area contributed by atoms with E-state index in [4.69, 9.17) is 5.73 Å². The SMILES string of the molecule is CC(C)C(N)C(=O)NC(Cc1ccc(O)cc1)C(=O)NC(Cc1c[nH]c2ccccc12)C(=O)O. The van der Waals surface area contributed by atoms with Gasteiger partial charge in [0.2, 0.25) is 11.8 Å². The maximum Gasteiger partial charge on any atom is 0.326 e. The third-order valence-electron chi connectivity index (χ3n) is 5.74. The van der Waals surface area contributed by atoms with Crippen LogP contribution in [0.2, 0.25) is 0 Å². The molecule has 0 aliphatic carbocycles. The number of para-hydroxylation sites is 1. The summed E-state index contributed by atoms with van der Waals surface area (Å²) in [6, 6.07) is 10.6. The molecule has 0 aliphatic heterocycles. The Labute approximate surface area is 197 Å². The van der Waals surface area contributed by atoms with Gasteiger partial charge in [-0.25, -0.2) is 4.79 Å². The number of carbonyl (C=O) groups is 3. The molecular formula is C25H30N4O5. The number of amides is 2. The maximum absolute atomic E-state index is 13.2. The second-order valence-electron chi connectivity index (χ2n) is 8.66. The largest absolute Gasteiger partial charge is 0.508 e. The summed E-state index contributed by atoms with van der Waals surface area (Å²) in [6.45, 7) is 3.59. The maximum atomic E-state index is 13.2. The van der Waals surface area contributed by atoms with E-state index in [1.165, 1.54) is 12.1 Å². The van der Waals surface area contributed by atoms with Crippen molar-refractivity contribution in [2.24, 2.45) is 11.7 Å². The molecule has 3 aromatic rings. The predicted octanol–water partition coefficient (Wildman–Crippen LogP) is 1.70. The molecule has 3 unspecified atom stereocenters. The zero-order valence-corrected chi connectivity index (χ0v) is 19.1. The number of aromatic nitrogens is 1. The number of phenolic OH excluding ortho intramolecular Hbond substituents is 1. The van der Waals surface area contributed by atoms with Gasteiger partial charge < -0.3 is 31.6 Å². The molecule has 2 aromatic carbocycles. The van der Waals surface area contributed by atoms with Gasteiger partial charge in [0, 0.05) is 29.9 Å². The number of aromatic amines is 1. The molecule has 7 N–H and O–H groups in total. The molecule has 0 aliphatic rings. The Morgan fingerprint density at radius 2 is 1.59 bits per heavy atom. The van der Waals surface area contributed by atoms with Crippen molar-refractivity contribution in [1.82, 2.24) is 15.6 Å². The number of carboxylic acids is 1. The Hall–Kier alpha value is -3.85. The van der Waals surface area contributed by atoms with Crippen LogP contribution < -0.4 is 16.4 Å². The van der Waals surface area contributed by atoms with Gasteiger partial charge in [-0.05, 0) is 35.2 Å². The van der Waals surface area contributed by atoms with Gasteiger partial charge in [-0.15, -0.1) is 0 Å². The lowest BCUT2D eigenvalue weighted by molar-refractivity contribution is -0.142. The molecule has 0 bridgehead atoms. The van der Waals surface area contributed by atoms with Crippen LogP contribution in [-0.4, -0.2) is 51.1 Å². The van der Waals surface area contributed by atoms with E-state index in [-0.39, 0.29) is 24.5 Å². The summed E-state index contributed by atoms with van der Waals surface area (Å²) < 4.78 is 0. The molecule has 9 heteroatoms. The molecule has 2 amide bonds. The molecule has 1 aromatic heterocycles. The molecule has 0 radical (unpaired) electrons. The normalized spacial score (nSPS) is 13.9. The average molecular weight is 467 g/mol. The standard InChI is InChI=1S/C25H30N4O5/c1-14(2)22(26)24(32)28-20(11-15-7-9-17(30)10-8-15)23(31)29-21(25(33)34)12-16-13-27-19-6-4-3-5-18(16)19/h3-10,13-14,20-22,27,30H,11-12,26H2,1-2H3,(H,28,32)(H,29,31)(H,33,34). The fourth-order valence-corrected chi connectivity index (χ4v) is 3.64. The minimum atomic E-state index is -1.20. The van der Waals surface area contributed by atoms with Crippen molar-refractivity contribution < 1.29 is 24.6 Å². The Kier molecular flexibility index (Phi) is 7.91. The number of aromatic hydroxyl groups is 1. The van der Waals surface area contributed by atoms with Gasteiger partial charge in [0.1, 0.15) is 17.8 Å². The minimum Gasteiger partial charge on any atom is -0.508 e. The molecular weight excluding hydrogens is 436 g/mol. The van der Waals surface area contributed by atoms with E-state index in [1.807, 2.05) is 24.3 Å². The first-order valence-corrected chi connectivity index (χ1v) is 11.1. The lowest BCUT2D eigenvalue weighted by Gasteiger charge is -2.24. The molecule has 34 heavy (non-hydrogen) atoms. The number of fused-ring (bicyclic) bond motifs is 1. The van der Waals surface area contributed by atoms with Crippen LogP contribution in [0, 0.1) is 5.92 Å². The fraction of sp³-hybridized carbons (Fsp3) is 0.320. The summed E-state index contributed by atoms with van der Waals surface area (Å²) in [7, 11) is 0. The van der Waals surface area contributed by atoms with Crippen molar-refractivity contribution in [3.05, 3.63) is 65.9 Å². The summed E-state index contributed by atoms with van der Waals surface area (Å²) in [5.41, 5.74) is 8.24. The third-order valence-corrected chi connectivity index (χ3v) is 5.74. The summed E-state index contributed by atoms with van der Waals surface area (Å²) in [4.78, 5) is 40.8. The fourth-order valence-electron chi connectivity index (χ4n) is 3.64. The lowest BCUT2D eigenvalue weighted by atomic mass is 10.0. The molecule has 9 nitrogen and oxygen atoms in total. The monoisotopic (exact) mass is 466 g/mol. The Morgan fingerprint density at radius 1 is 0.941 bits per heavy atom. The molecule has 3 rings (SSSR count). The summed E-state index contributed by atoms with van der Waals surface area (Å²) in [5.74, 6) is -2.40. The van der Waals surface area contributed by atoms with E-state index in [2.05, 4.69) is 15.6 Å². The van der Waals surface area contributed by atoms with Crippen molar-refractivity contribution in [3.8, 4) is 5.75 Å². The van der Waals surface area contributed by atoms with Gasteiger partial charge in [0.25, 0.3) is 0 Å². The zero-order valence-electron chi connectivity index (χ0n) is 19.1. The number of hydrogen-bond acceptors (Lipinski definition) is 5. The number of hydrogen-bond donors (Lipinski definition) is 6. The van der Waals surface area contributed by atoms with E-state index >= 15 is 0 Å². The van der Waals surface area contributed by atoms with Crippen molar-refractivity contribution in [2.45, 2.75) is 44.8 Å². The van der Waals surface area contributed by atoms with Crippen molar-refractivity contribution in [1.29, 1.82) is 0 Å². The quantitative estimate of drug-likeness (QED) is 0.267. The predicted molar refractivity (Wildman–Crippen MR) is 128 cm³/mol. The number of carbonyl (C=O) groups excluding carboxylic acids is 2. The van der Waals surface area contributed by atoms with Gasteiger partial charge in [-0.3, -0.25) is 9.59 Å². The highest BCUT2D eigenvalue weighted by Gasteiger charge is 2.29. The number of benzene rings is 2. The lowest BCUT2D eigenvalue weighted by Crippen LogP contribution is -2.56. The van der Waals surface area contributed by atoms with E-state index in [0.717, 1.165) is 16.5 Å². The highest BCUT2D eigenvalue weighted by molar-refractivity contribution is 5.92. The van der Waals surface area contributed by atoms with Gasteiger partial charge in [-0.1, -0.05) is 44.2 Å².